The van der Waals surface area contributed by atoms with Crippen molar-refractivity contribution in [3.63, 3.8) is 0 Å². The van der Waals surface area contributed by atoms with Crippen LogP contribution in [-0.2, 0) is 12.8 Å². The van der Waals surface area contributed by atoms with Crippen LogP contribution in [0.25, 0.3) is 66.8 Å². The maximum atomic E-state index is 2.59. The predicted molar refractivity (Wildman–Crippen MR) is 244 cm³/mol. The summed E-state index contributed by atoms with van der Waals surface area (Å²) in [5, 5.41) is 0. The van der Waals surface area contributed by atoms with Crippen LogP contribution in [0.15, 0.2) is 158 Å². The minimum atomic E-state index is 1.10. The van der Waals surface area contributed by atoms with Gasteiger partial charge in [-0.05, 0) is 147 Å². The molecule has 0 heterocycles. The number of hydrogen-bond acceptors (Lipinski definition) is 0. The van der Waals surface area contributed by atoms with Crippen molar-refractivity contribution in [2.24, 2.45) is 0 Å². The van der Waals surface area contributed by atoms with E-state index in [0.717, 1.165) is 12.8 Å². The van der Waals surface area contributed by atoms with E-state index in [9.17, 15) is 0 Å². The van der Waals surface area contributed by atoms with Gasteiger partial charge < -0.3 is 0 Å². The van der Waals surface area contributed by atoms with Gasteiger partial charge in [0.1, 0.15) is 0 Å². The van der Waals surface area contributed by atoms with Gasteiger partial charge in [0.2, 0.25) is 0 Å². The fourth-order valence-corrected chi connectivity index (χ4v) is 8.40. The molecule has 0 saturated heterocycles. The SMILES string of the molecule is CCCCCCc1cc(-c2ccc(-c3cc(-c4ccccc4)cc(-c4ccccc4)c3)cc2C)c(CCCCCC)cc1-c1ccc(-c2ccccc2)cc1C. The van der Waals surface area contributed by atoms with Crippen LogP contribution in [0, 0.1) is 13.8 Å². The molecule has 0 bridgehead atoms. The molecule has 0 nitrogen and oxygen atoms in total. The third-order valence-electron chi connectivity index (χ3n) is 11.5. The number of aryl methyl sites for hydroxylation is 4. The molecule has 0 fully saturated rings. The molecule has 0 aromatic heterocycles. The van der Waals surface area contributed by atoms with Crippen molar-refractivity contribution < 1.29 is 0 Å². The Hall–Kier alpha value is -5.46. The molecule has 7 aromatic rings. The van der Waals surface area contributed by atoms with Gasteiger partial charge in [-0.25, -0.2) is 0 Å². The van der Waals surface area contributed by atoms with Crippen LogP contribution in [0.2, 0.25) is 0 Å². The van der Waals surface area contributed by atoms with Crippen LogP contribution in [0.4, 0.5) is 0 Å². The van der Waals surface area contributed by atoms with Gasteiger partial charge in [0.05, 0.1) is 0 Å². The lowest BCUT2D eigenvalue weighted by Gasteiger charge is -2.21. The van der Waals surface area contributed by atoms with Crippen molar-refractivity contribution in [1.82, 2.24) is 0 Å². The van der Waals surface area contributed by atoms with Gasteiger partial charge in [-0.1, -0.05) is 192 Å². The van der Waals surface area contributed by atoms with E-state index in [-0.39, 0.29) is 0 Å². The molecule has 0 aliphatic carbocycles. The number of hydrogen-bond donors (Lipinski definition) is 0. The fraction of sp³-hybridized carbons (Fsp3) is 0.250. The first kappa shape index (κ1) is 38.8. The van der Waals surface area contributed by atoms with Crippen molar-refractivity contribution in [1.29, 1.82) is 0 Å². The second-order valence-corrected chi connectivity index (χ2v) is 15.7. The first-order chi connectivity index (χ1) is 27.5. The van der Waals surface area contributed by atoms with Crippen LogP contribution in [0.3, 0.4) is 0 Å². The van der Waals surface area contributed by atoms with Crippen LogP contribution in [0.5, 0.6) is 0 Å². The van der Waals surface area contributed by atoms with Crippen molar-refractivity contribution in [3.05, 3.63) is 180 Å². The minimum absolute atomic E-state index is 1.10. The Morgan fingerprint density at radius 3 is 1.02 bits per heavy atom. The van der Waals surface area contributed by atoms with Crippen LogP contribution >= 0.6 is 0 Å². The summed E-state index contributed by atoms with van der Waals surface area (Å²) in [5.41, 5.74) is 21.3. The molecule has 7 rings (SSSR count). The van der Waals surface area contributed by atoms with Crippen LogP contribution in [0.1, 0.15) is 87.5 Å². The Balaban J connectivity index is 1.32. The highest BCUT2D eigenvalue weighted by atomic mass is 14.2. The predicted octanol–water partition coefficient (Wildman–Crippen LogP) is 16.6. The van der Waals surface area contributed by atoms with Crippen molar-refractivity contribution >= 4 is 0 Å². The highest BCUT2D eigenvalue weighted by molar-refractivity contribution is 5.85. The van der Waals surface area contributed by atoms with E-state index in [2.05, 4.69) is 185 Å². The molecule has 0 amide bonds. The van der Waals surface area contributed by atoms with Gasteiger partial charge in [-0.3, -0.25) is 0 Å². The van der Waals surface area contributed by atoms with E-state index in [4.69, 9.17) is 0 Å². The van der Waals surface area contributed by atoms with Gasteiger partial charge in [0, 0.05) is 0 Å². The molecule has 0 saturated carbocycles. The Morgan fingerprint density at radius 1 is 0.286 bits per heavy atom. The minimum Gasteiger partial charge on any atom is -0.0654 e. The second kappa shape index (κ2) is 18.9. The summed E-state index contributed by atoms with van der Waals surface area (Å²) in [6, 6.07) is 58.9. The van der Waals surface area contributed by atoms with E-state index in [0.29, 0.717) is 0 Å². The van der Waals surface area contributed by atoms with Gasteiger partial charge in [-0.2, -0.15) is 0 Å². The molecule has 0 spiro atoms. The van der Waals surface area contributed by atoms with Crippen molar-refractivity contribution in [3.8, 4) is 66.8 Å². The third-order valence-corrected chi connectivity index (χ3v) is 11.5. The topological polar surface area (TPSA) is 0 Å². The van der Waals surface area contributed by atoms with E-state index in [1.54, 1.807) is 0 Å². The molecule has 0 N–H and O–H groups in total. The van der Waals surface area contributed by atoms with Gasteiger partial charge in [-0.15, -0.1) is 0 Å². The smallest absolute Gasteiger partial charge is 0.0146 e. The molecule has 0 heteroatoms. The highest BCUT2D eigenvalue weighted by Crippen LogP contribution is 2.40. The zero-order valence-electron chi connectivity index (χ0n) is 34.1. The average molecular weight is 731 g/mol. The molecule has 0 radical (unpaired) electrons. The van der Waals surface area contributed by atoms with Gasteiger partial charge in [0.15, 0.2) is 0 Å². The Bertz CT molecular complexity index is 2270. The maximum absolute atomic E-state index is 2.59. The largest absolute Gasteiger partial charge is 0.0654 e. The molecule has 0 atom stereocenters. The summed E-state index contributed by atoms with van der Waals surface area (Å²) in [5.74, 6) is 0. The molecular formula is C56H58. The summed E-state index contributed by atoms with van der Waals surface area (Å²) >= 11 is 0. The summed E-state index contributed by atoms with van der Waals surface area (Å²) in [7, 11) is 0. The van der Waals surface area contributed by atoms with Crippen LogP contribution in [-0.4, -0.2) is 0 Å². The van der Waals surface area contributed by atoms with Gasteiger partial charge in [0.25, 0.3) is 0 Å². The molecular weight excluding hydrogens is 673 g/mol. The monoisotopic (exact) mass is 730 g/mol. The first-order valence-electron chi connectivity index (χ1n) is 21.2. The second-order valence-electron chi connectivity index (χ2n) is 15.7. The summed E-state index contributed by atoms with van der Waals surface area (Å²) in [6.45, 7) is 9.24. The average Bonchev–Trinajstić information content (AvgIpc) is 3.25. The lowest BCUT2D eigenvalue weighted by Crippen LogP contribution is -2.00. The number of rotatable bonds is 16. The van der Waals surface area contributed by atoms with E-state index in [1.165, 1.54) is 140 Å². The summed E-state index contributed by atoms with van der Waals surface area (Å²) in [4.78, 5) is 0. The highest BCUT2D eigenvalue weighted by Gasteiger charge is 2.17. The zero-order chi connectivity index (χ0) is 38.7. The zero-order valence-corrected chi connectivity index (χ0v) is 34.1. The van der Waals surface area contributed by atoms with E-state index in [1.807, 2.05) is 0 Å². The van der Waals surface area contributed by atoms with E-state index < -0.39 is 0 Å². The number of unbranched alkanes of at least 4 members (excludes halogenated alkanes) is 6. The quantitative estimate of drug-likeness (QED) is 0.0869. The lowest BCUT2D eigenvalue weighted by atomic mass is 9.84. The molecule has 0 aliphatic heterocycles. The maximum Gasteiger partial charge on any atom is -0.0146 e. The molecule has 0 aliphatic rings. The van der Waals surface area contributed by atoms with Crippen molar-refractivity contribution in [2.75, 3.05) is 0 Å². The van der Waals surface area contributed by atoms with E-state index >= 15 is 0 Å². The lowest BCUT2D eigenvalue weighted by molar-refractivity contribution is 0.664. The molecule has 282 valence electrons. The van der Waals surface area contributed by atoms with Gasteiger partial charge >= 0.3 is 0 Å². The number of benzene rings is 7. The normalized spacial score (nSPS) is 11.2. The Labute approximate surface area is 337 Å². The van der Waals surface area contributed by atoms with Crippen molar-refractivity contribution in [2.45, 2.75) is 91.9 Å². The molecule has 7 aromatic carbocycles. The Kier molecular flexibility index (Phi) is 13.1. The fourth-order valence-electron chi connectivity index (χ4n) is 8.40. The van der Waals surface area contributed by atoms with Crippen LogP contribution < -0.4 is 0 Å². The molecule has 0 unspecified atom stereocenters. The first-order valence-corrected chi connectivity index (χ1v) is 21.2. The Morgan fingerprint density at radius 2 is 0.643 bits per heavy atom. The summed E-state index contributed by atoms with van der Waals surface area (Å²) < 4.78 is 0. The summed E-state index contributed by atoms with van der Waals surface area (Å²) in [6.07, 6.45) is 12.3. The standard InChI is InChI=1S/C56H58/c1-5-7-9-14-28-48-40-56(49(29-15-10-8-6-2)39-55(48)53-32-30-46(34-41(53)3)43-22-16-11-17-23-43)54-33-31-47(35-42(54)4)52-37-50(44-24-18-12-19-25-44)36-51(38-52)45-26-20-13-21-27-45/h11-13,16-27,30-40H,5-10,14-15,28-29H2,1-4H3. The molecule has 56 heavy (non-hydrogen) atoms. The third kappa shape index (κ3) is 9.31.